The molecule has 0 saturated heterocycles. The number of anilines is 1. The van der Waals surface area contributed by atoms with Gasteiger partial charge in [0.2, 0.25) is 0 Å². The third-order valence-electron chi connectivity index (χ3n) is 6.57. The van der Waals surface area contributed by atoms with E-state index >= 15 is 0 Å². The maximum atomic E-state index is 13.2. The summed E-state index contributed by atoms with van der Waals surface area (Å²) in [6, 6.07) is 19.0. The Hall–Kier alpha value is -3.74. The van der Waals surface area contributed by atoms with Crippen LogP contribution in [0.1, 0.15) is 34.7 Å². The number of benzene rings is 3. The van der Waals surface area contributed by atoms with E-state index in [1.165, 1.54) is 25.3 Å². The van der Waals surface area contributed by atoms with Gasteiger partial charge in [0.05, 0.1) is 25.3 Å². The van der Waals surface area contributed by atoms with E-state index < -0.39 is 23.2 Å². The van der Waals surface area contributed by atoms with Crippen LogP contribution in [-0.4, -0.2) is 26.7 Å². The molecule has 1 heterocycles. The van der Waals surface area contributed by atoms with Gasteiger partial charge >= 0.3 is 12.1 Å². The first-order valence-corrected chi connectivity index (χ1v) is 11.2. The smallest absolute Gasteiger partial charge is 0.416 e. The largest absolute Gasteiger partial charge is 0.497 e. The molecule has 0 fully saturated rings. The molecule has 3 aromatic rings. The number of nitrogens with zero attached hydrogens (tertiary/aromatic N) is 1. The predicted molar refractivity (Wildman–Crippen MR) is 129 cm³/mol. The average Bonchev–Trinajstić information content (AvgIpc) is 2.87. The molecule has 0 spiro atoms. The first-order valence-electron chi connectivity index (χ1n) is 11.2. The summed E-state index contributed by atoms with van der Waals surface area (Å²) in [5, 5.41) is 0. The van der Waals surface area contributed by atoms with Gasteiger partial charge in [0.15, 0.2) is 0 Å². The molecule has 0 radical (unpaired) electrons. The maximum Gasteiger partial charge on any atom is 0.416 e. The van der Waals surface area contributed by atoms with E-state index in [0.29, 0.717) is 12.2 Å². The monoisotopic (exact) mass is 481 g/mol. The number of hydrogen-bond donors (Lipinski definition) is 0. The van der Waals surface area contributed by atoms with Gasteiger partial charge in [0.1, 0.15) is 5.75 Å². The van der Waals surface area contributed by atoms with E-state index in [9.17, 15) is 18.0 Å². The van der Waals surface area contributed by atoms with E-state index in [1.54, 1.807) is 13.2 Å². The first-order chi connectivity index (χ1) is 16.7. The number of carbonyl (C=O) groups is 1. The zero-order chi connectivity index (χ0) is 25.2. The number of hydrogen-bond acceptors (Lipinski definition) is 4. The number of fused-ring (bicyclic) bond motifs is 1. The van der Waals surface area contributed by atoms with Crippen LogP contribution in [0.5, 0.6) is 5.75 Å². The van der Waals surface area contributed by atoms with Crippen molar-refractivity contribution in [2.24, 2.45) is 0 Å². The number of ether oxygens (including phenoxy) is 2. The van der Waals surface area contributed by atoms with Crippen LogP contribution in [0.4, 0.5) is 18.9 Å². The Morgan fingerprint density at radius 3 is 2.29 bits per heavy atom. The van der Waals surface area contributed by atoms with E-state index in [2.05, 4.69) is 16.6 Å². The molecule has 1 unspecified atom stereocenters. The van der Waals surface area contributed by atoms with E-state index in [4.69, 9.17) is 4.74 Å². The summed E-state index contributed by atoms with van der Waals surface area (Å²) >= 11 is 0. The van der Waals surface area contributed by atoms with Gasteiger partial charge in [-0.15, -0.1) is 0 Å². The van der Waals surface area contributed by atoms with Crippen molar-refractivity contribution >= 4 is 17.7 Å². The quantitative estimate of drug-likeness (QED) is 0.320. The number of rotatable bonds is 5. The minimum atomic E-state index is -4.39. The SMILES string of the molecule is COC(=O)C=Cc1ccc(C2(C)c3ccc(OC)cc3CCN2c2ccc(C(F)(F)F)cc2)cc1. The molecule has 4 rings (SSSR count). The van der Waals surface area contributed by atoms with Crippen LogP contribution in [-0.2, 0) is 27.7 Å². The highest BCUT2D eigenvalue weighted by Gasteiger charge is 2.41. The lowest BCUT2D eigenvalue weighted by Crippen LogP contribution is -2.49. The second kappa shape index (κ2) is 9.49. The highest BCUT2D eigenvalue weighted by atomic mass is 19.4. The molecular formula is C28H26F3NO3. The zero-order valence-corrected chi connectivity index (χ0v) is 19.7. The normalized spacial score (nSPS) is 17.8. The number of esters is 1. The minimum Gasteiger partial charge on any atom is -0.497 e. The molecule has 0 saturated carbocycles. The molecule has 0 bridgehead atoms. The molecule has 4 nitrogen and oxygen atoms in total. The lowest BCUT2D eigenvalue weighted by molar-refractivity contribution is -0.137. The lowest BCUT2D eigenvalue weighted by Gasteiger charge is -2.48. The minimum absolute atomic E-state index is 0.440. The number of methoxy groups -OCH3 is 2. The third kappa shape index (κ3) is 4.76. The van der Waals surface area contributed by atoms with Crippen molar-refractivity contribution < 1.29 is 27.4 Å². The Morgan fingerprint density at radius 1 is 1.00 bits per heavy atom. The third-order valence-corrected chi connectivity index (χ3v) is 6.57. The van der Waals surface area contributed by atoms with Crippen LogP contribution in [0.3, 0.4) is 0 Å². The zero-order valence-electron chi connectivity index (χ0n) is 19.7. The fourth-order valence-electron chi connectivity index (χ4n) is 4.66. The van der Waals surface area contributed by atoms with Gasteiger partial charge in [0.25, 0.3) is 0 Å². The van der Waals surface area contributed by atoms with Crippen molar-refractivity contribution in [1.29, 1.82) is 0 Å². The predicted octanol–water partition coefficient (Wildman–Crippen LogP) is 6.23. The van der Waals surface area contributed by atoms with Crippen molar-refractivity contribution in [3.05, 3.63) is 101 Å². The first kappa shape index (κ1) is 24.4. The molecule has 0 amide bonds. The van der Waals surface area contributed by atoms with Crippen molar-refractivity contribution in [2.45, 2.75) is 25.1 Å². The van der Waals surface area contributed by atoms with Gasteiger partial charge < -0.3 is 14.4 Å². The summed E-state index contributed by atoms with van der Waals surface area (Å²) in [6.07, 6.45) is -0.637. The lowest BCUT2D eigenvalue weighted by atomic mass is 9.76. The second-order valence-corrected chi connectivity index (χ2v) is 8.52. The Kier molecular flexibility index (Phi) is 6.61. The highest BCUT2D eigenvalue weighted by molar-refractivity contribution is 5.86. The van der Waals surface area contributed by atoms with Crippen molar-refractivity contribution in [2.75, 3.05) is 25.7 Å². The molecule has 1 aliphatic heterocycles. The summed E-state index contributed by atoms with van der Waals surface area (Å²) in [7, 11) is 2.95. The summed E-state index contributed by atoms with van der Waals surface area (Å²) < 4.78 is 49.5. The maximum absolute atomic E-state index is 13.2. The molecule has 182 valence electrons. The highest BCUT2D eigenvalue weighted by Crippen LogP contribution is 2.45. The Balaban J connectivity index is 1.80. The number of halogens is 3. The summed E-state index contributed by atoms with van der Waals surface area (Å²) in [5.41, 5.74) is 3.37. The molecule has 0 aromatic heterocycles. The Bertz CT molecular complexity index is 1230. The van der Waals surface area contributed by atoms with Gasteiger partial charge in [-0.1, -0.05) is 30.3 Å². The Labute approximate surface area is 202 Å². The molecule has 0 N–H and O–H groups in total. The number of alkyl halides is 3. The molecule has 7 heteroatoms. The van der Waals surface area contributed by atoms with Crippen molar-refractivity contribution in [3.8, 4) is 5.75 Å². The van der Waals surface area contributed by atoms with Crippen LogP contribution in [0.2, 0.25) is 0 Å². The standard InChI is InChI=1S/C28H26F3NO3/c1-27(21-7-4-19(5-8-21)6-15-26(33)35-3)25-14-13-24(34-2)18-20(25)16-17-32(27)23-11-9-22(10-12-23)28(29,30)31/h4-15,18H,16-17H2,1-3H3. The van der Waals surface area contributed by atoms with Crippen molar-refractivity contribution in [3.63, 3.8) is 0 Å². The van der Waals surface area contributed by atoms with E-state index in [-0.39, 0.29) is 0 Å². The number of carbonyl (C=O) groups excluding carboxylic acids is 1. The van der Waals surface area contributed by atoms with Crippen LogP contribution in [0, 0.1) is 0 Å². The summed E-state index contributed by atoms with van der Waals surface area (Å²) in [6.45, 7) is 2.69. The van der Waals surface area contributed by atoms with Crippen LogP contribution in [0.15, 0.2) is 72.8 Å². The Morgan fingerprint density at radius 2 is 1.69 bits per heavy atom. The fraction of sp³-hybridized carbons (Fsp3) is 0.250. The van der Waals surface area contributed by atoms with Crippen LogP contribution >= 0.6 is 0 Å². The molecule has 1 aliphatic rings. The van der Waals surface area contributed by atoms with Crippen LogP contribution in [0.25, 0.3) is 6.08 Å². The van der Waals surface area contributed by atoms with Gasteiger partial charge in [-0.25, -0.2) is 4.79 Å². The van der Waals surface area contributed by atoms with Gasteiger partial charge in [0, 0.05) is 18.3 Å². The molecule has 0 aliphatic carbocycles. The van der Waals surface area contributed by atoms with Gasteiger partial charge in [-0.3, -0.25) is 0 Å². The van der Waals surface area contributed by atoms with Gasteiger partial charge in [-0.05, 0) is 78.1 Å². The van der Waals surface area contributed by atoms with Crippen LogP contribution < -0.4 is 9.64 Å². The van der Waals surface area contributed by atoms with Gasteiger partial charge in [-0.2, -0.15) is 13.2 Å². The summed E-state index contributed by atoms with van der Waals surface area (Å²) in [5.74, 6) is 0.321. The van der Waals surface area contributed by atoms with E-state index in [1.807, 2.05) is 42.5 Å². The van der Waals surface area contributed by atoms with Crippen molar-refractivity contribution in [1.82, 2.24) is 0 Å². The molecule has 1 atom stereocenters. The topological polar surface area (TPSA) is 38.8 Å². The average molecular weight is 482 g/mol. The second-order valence-electron chi connectivity index (χ2n) is 8.52. The molecular weight excluding hydrogens is 455 g/mol. The summed E-state index contributed by atoms with van der Waals surface area (Å²) in [4.78, 5) is 13.6. The molecule has 3 aromatic carbocycles. The fourth-order valence-corrected chi connectivity index (χ4v) is 4.66. The molecule has 35 heavy (non-hydrogen) atoms. The van der Waals surface area contributed by atoms with E-state index in [0.717, 1.165) is 46.6 Å².